The van der Waals surface area contributed by atoms with Crippen LogP contribution in [0.2, 0.25) is 0 Å². The first-order valence-electron chi connectivity index (χ1n) is 7.54. The molecule has 2 aromatic heterocycles. The SMILES string of the molecule is CO[C@@H]1CN(C(=O)c2cc(C3CC3)on2)Cc2ccnn2C1. The lowest BCUT2D eigenvalue weighted by Gasteiger charge is -2.22. The topological polar surface area (TPSA) is 73.4 Å². The zero-order chi connectivity index (χ0) is 15.1. The molecule has 1 saturated carbocycles. The lowest BCUT2D eigenvalue weighted by molar-refractivity contribution is 0.0443. The molecule has 22 heavy (non-hydrogen) atoms. The normalized spacial score (nSPS) is 21.5. The molecule has 116 valence electrons. The summed E-state index contributed by atoms with van der Waals surface area (Å²) in [5.74, 6) is 1.16. The van der Waals surface area contributed by atoms with E-state index < -0.39 is 0 Å². The van der Waals surface area contributed by atoms with Crippen LogP contribution in [-0.2, 0) is 17.8 Å². The van der Waals surface area contributed by atoms with E-state index in [4.69, 9.17) is 9.26 Å². The van der Waals surface area contributed by atoms with Crippen LogP contribution in [0.25, 0.3) is 0 Å². The number of hydrogen-bond donors (Lipinski definition) is 0. The van der Waals surface area contributed by atoms with E-state index in [-0.39, 0.29) is 12.0 Å². The largest absolute Gasteiger partial charge is 0.378 e. The second-order valence-corrected chi connectivity index (χ2v) is 5.94. The van der Waals surface area contributed by atoms with Crippen molar-refractivity contribution >= 4 is 5.91 Å². The minimum Gasteiger partial charge on any atom is -0.378 e. The maximum absolute atomic E-state index is 12.7. The zero-order valence-corrected chi connectivity index (χ0v) is 12.4. The quantitative estimate of drug-likeness (QED) is 0.857. The fourth-order valence-corrected chi connectivity index (χ4v) is 2.83. The summed E-state index contributed by atoms with van der Waals surface area (Å²) < 4.78 is 12.7. The average Bonchev–Trinajstić information content (AvgIpc) is 3.16. The van der Waals surface area contributed by atoms with Gasteiger partial charge in [-0.1, -0.05) is 5.16 Å². The highest BCUT2D eigenvalue weighted by Gasteiger charge is 2.31. The van der Waals surface area contributed by atoms with Crippen LogP contribution in [0.4, 0.5) is 0 Å². The van der Waals surface area contributed by atoms with Crippen molar-refractivity contribution in [2.24, 2.45) is 0 Å². The molecule has 0 aromatic carbocycles. The summed E-state index contributed by atoms with van der Waals surface area (Å²) in [6, 6.07) is 3.71. The highest BCUT2D eigenvalue weighted by atomic mass is 16.5. The third-order valence-electron chi connectivity index (χ3n) is 4.31. The highest BCUT2D eigenvalue weighted by Crippen LogP contribution is 2.40. The second kappa shape index (κ2) is 5.24. The highest BCUT2D eigenvalue weighted by molar-refractivity contribution is 5.92. The first kappa shape index (κ1) is 13.5. The van der Waals surface area contributed by atoms with E-state index in [1.165, 1.54) is 0 Å². The molecule has 7 nitrogen and oxygen atoms in total. The molecule has 1 atom stereocenters. The van der Waals surface area contributed by atoms with E-state index in [2.05, 4.69) is 10.3 Å². The summed E-state index contributed by atoms with van der Waals surface area (Å²) >= 11 is 0. The molecule has 2 aliphatic rings. The number of aromatic nitrogens is 3. The monoisotopic (exact) mass is 302 g/mol. The summed E-state index contributed by atoms with van der Waals surface area (Å²) in [7, 11) is 1.66. The number of carbonyl (C=O) groups is 1. The molecule has 1 aliphatic carbocycles. The van der Waals surface area contributed by atoms with E-state index in [9.17, 15) is 4.79 Å². The summed E-state index contributed by atoms with van der Waals surface area (Å²) in [5.41, 5.74) is 1.38. The minimum atomic E-state index is -0.118. The van der Waals surface area contributed by atoms with Gasteiger partial charge in [0, 0.05) is 31.8 Å². The molecule has 0 saturated heterocycles. The Bertz CT molecular complexity index is 689. The van der Waals surface area contributed by atoms with Crippen LogP contribution in [0.1, 0.15) is 40.7 Å². The van der Waals surface area contributed by atoms with Gasteiger partial charge in [-0.25, -0.2) is 0 Å². The van der Waals surface area contributed by atoms with Gasteiger partial charge in [-0.05, 0) is 18.9 Å². The van der Waals surface area contributed by atoms with Gasteiger partial charge >= 0.3 is 0 Å². The van der Waals surface area contributed by atoms with Gasteiger partial charge in [0.05, 0.1) is 24.9 Å². The molecular weight excluding hydrogens is 284 g/mol. The fourth-order valence-electron chi connectivity index (χ4n) is 2.83. The van der Waals surface area contributed by atoms with Gasteiger partial charge in [0.2, 0.25) is 0 Å². The van der Waals surface area contributed by atoms with Crippen molar-refractivity contribution in [3.63, 3.8) is 0 Å². The summed E-state index contributed by atoms with van der Waals surface area (Å²) in [4.78, 5) is 14.5. The van der Waals surface area contributed by atoms with Gasteiger partial charge in [0.1, 0.15) is 5.76 Å². The van der Waals surface area contributed by atoms with E-state index in [0.29, 0.717) is 31.2 Å². The van der Waals surface area contributed by atoms with Crippen LogP contribution in [0.15, 0.2) is 22.9 Å². The van der Waals surface area contributed by atoms with E-state index in [1.807, 2.05) is 10.7 Å². The van der Waals surface area contributed by atoms with Crippen molar-refractivity contribution in [2.75, 3.05) is 13.7 Å². The molecule has 3 heterocycles. The van der Waals surface area contributed by atoms with Crippen molar-refractivity contribution in [3.8, 4) is 0 Å². The molecule has 0 radical (unpaired) electrons. The summed E-state index contributed by atoms with van der Waals surface area (Å²) in [5, 5.41) is 8.23. The number of methoxy groups -OCH3 is 1. The molecule has 0 bridgehead atoms. The predicted octanol–water partition coefficient (Wildman–Crippen LogP) is 1.42. The van der Waals surface area contributed by atoms with Gasteiger partial charge in [0.15, 0.2) is 5.69 Å². The number of nitrogens with zero attached hydrogens (tertiary/aromatic N) is 4. The maximum Gasteiger partial charge on any atom is 0.276 e. The Morgan fingerprint density at radius 2 is 2.27 bits per heavy atom. The molecule has 1 fully saturated rings. The van der Waals surface area contributed by atoms with E-state index in [0.717, 1.165) is 24.3 Å². The third-order valence-corrected chi connectivity index (χ3v) is 4.31. The Morgan fingerprint density at radius 3 is 3.05 bits per heavy atom. The molecule has 7 heteroatoms. The predicted molar refractivity (Wildman–Crippen MR) is 76.2 cm³/mol. The van der Waals surface area contributed by atoms with Gasteiger partial charge in [-0.2, -0.15) is 5.10 Å². The molecule has 0 spiro atoms. The van der Waals surface area contributed by atoms with Crippen molar-refractivity contribution in [1.29, 1.82) is 0 Å². The average molecular weight is 302 g/mol. The van der Waals surface area contributed by atoms with Crippen LogP contribution in [-0.4, -0.2) is 45.5 Å². The van der Waals surface area contributed by atoms with Gasteiger partial charge < -0.3 is 14.2 Å². The van der Waals surface area contributed by atoms with Gasteiger partial charge in [-0.15, -0.1) is 0 Å². The first-order chi connectivity index (χ1) is 10.7. The van der Waals surface area contributed by atoms with Crippen LogP contribution in [0.3, 0.4) is 0 Å². The maximum atomic E-state index is 12.7. The smallest absolute Gasteiger partial charge is 0.276 e. The molecule has 4 rings (SSSR count). The third kappa shape index (κ3) is 2.41. The van der Waals surface area contributed by atoms with E-state index in [1.54, 1.807) is 24.3 Å². The Morgan fingerprint density at radius 1 is 1.41 bits per heavy atom. The van der Waals surface area contributed by atoms with Crippen LogP contribution in [0, 0.1) is 0 Å². The van der Waals surface area contributed by atoms with Crippen molar-refractivity contribution in [2.45, 2.75) is 38.0 Å². The summed E-state index contributed by atoms with van der Waals surface area (Å²) in [6.07, 6.45) is 3.91. The van der Waals surface area contributed by atoms with E-state index >= 15 is 0 Å². The van der Waals surface area contributed by atoms with Gasteiger partial charge in [-0.3, -0.25) is 9.48 Å². The number of ether oxygens (including phenoxy) is 1. The Hall–Kier alpha value is -2.15. The first-order valence-corrected chi connectivity index (χ1v) is 7.54. The molecule has 1 aliphatic heterocycles. The zero-order valence-electron chi connectivity index (χ0n) is 12.4. The Labute approximate surface area is 127 Å². The lowest BCUT2D eigenvalue weighted by Crippen LogP contribution is -2.37. The van der Waals surface area contributed by atoms with Gasteiger partial charge in [0.25, 0.3) is 5.91 Å². The molecule has 0 unspecified atom stereocenters. The number of fused-ring (bicyclic) bond motifs is 1. The van der Waals surface area contributed by atoms with Crippen LogP contribution >= 0.6 is 0 Å². The standard InChI is InChI=1S/C15H18N4O3/c1-21-12-8-18(7-11-4-5-16-19(11)9-12)15(20)13-6-14(22-17-13)10-2-3-10/h4-6,10,12H,2-3,7-9H2,1H3/t12-/m1/s1. The lowest BCUT2D eigenvalue weighted by atomic mass is 10.2. The molecule has 1 amide bonds. The number of carbonyl (C=O) groups excluding carboxylic acids is 1. The number of hydrogen-bond acceptors (Lipinski definition) is 5. The Balaban J connectivity index is 1.58. The van der Waals surface area contributed by atoms with Crippen molar-refractivity contribution in [1.82, 2.24) is 19.8 Å². The molecule has 2 aromatic rings. The molecule has 0 N–H and O–H groups in total. The van der Waals surface area contributed by atoms with Crippen LogP contribution in [0.5, 0.6) is 0 Å². The Kier molecular flexibility index (Phi) is 3.22. The van der Waals surface area contributed by atoms with Crippen LogP contribution < -0.4 is 0 Å². The summed E-state index contributed by atoms with van der Waals surface area (Å²) in [6.45, 7) is 1.67. The number of rotatable bonds is 3. The van der Waals surface area contributed by atoms with Crippen molar-refractivity contribution < 1.29 is 14.1 Å². The van der Waals surface area contributed by atoms with Crippen molar-refractivity contribution in [3.05, 3.63) is 35.5 Å². The minimum absolute atomic E-state index is 0.0834. The fraction of sp³-hybridized carbons (Fsp3) is 0.533. The number of amides is 1. The molecular formula is C15H18N4O3. The second-order valence-electron chi connectivity index (χ2n) is 5.94.